The molecule has 2 aliphatic carbocycles. The highest BCUT2D eigenvalue weighted by atomic mass is 32.3. The van der Waals surface area contributed by atoms with E-state index in [1.54, 1.807) is 0 Å². The van der Waals surface area contributed by atoms with Gasteiger partial charge in [0.05, 0.1) is 11.2 Å². The Balaban J connectivity index is 1.70. The van der Waals surface area contributed by atoms with Crippen molar-refractivity contribution in [1.82, 2.24) is 0 Å². The summed E-state index contributed by atoms with van der Waals surface area (Å²) in [5.74, 6) is -2.07. The molecule has 37 heavy (non-hydrogen) atoms. The predicted octanol–water partition coefficient (Wildman–Crippen LogP) is 7.04. The van der Waals surface area contributed by atoms with E-state index in [0.717, 1.165) is 6.42 Å². The number of carbonyl (C=O) groups excluding carboxylic acids is 1. The largest absolute Gasteiger partial charge is 0.299 e. The molecule has 0 N–H and O–H groups in total. The van der Waals surface area contributed by atoms with Gasteiger partial charge in [0, 0.05) is 21.1 Å². The predicted molar refractivity (Wildman–Crippen MR) is 135 cm³/mol. The summed E-state index contributed by atoms with van der Waals surface area (Å²) < 4.78 is 75.9. The van der Waals surface area contributed by atoms with Crippen molar-refractivity contribution in [3.05, 3.63) is 90.2 Å². The van der Waals surface area contributed by atoms with Crippen LogP contribution in [0.4, 0.5) is 13.2 Å². The second-order valence-electron chi connectivity index (χ2n) is 10.4. The molecule has 2 saturated carbocycles. The summed E-state index contributed by atoms with van der Waals surface area (Å²) >= 11 is 0. The van der Waals surface area contributed by atoms with E-state index in [2.05, 4.69) is 0 Å². The number of Topliss-reactive ketones (excluding diaryl/α,β-unsaturated/α-hetero) is 1. The first kappa shape index (κ1) is 26.0. The van der Waals surface area contributed by atoms with E-state index in [1.807, 2.05) is 13.8 Å². The lowest BCUT2D eigenvalue weighted by Gasteiger charge is -2.41. The van der Waals surface area contributed by atoms with E-state index in [1.165, 1.54) is 72.8 Å². The fourth-order valence-corrected chi connectivity index (χ4v) is 12.0. The molecule has 0 amide bonds. The maximum absolute atomic E-state index is 14.0. The Morgan fingerprint density at radius 3 is 1.51 bits per heavy atom. The molecule has 3 aromatic carbocycles. The topological polar surface area (TPSA) is 60.4 Å². The van der Waals surface area contributed by atoms with Gasteiger partial charge >= 0.3 is 0 Å². The Morgan fingerprint density at radius 2 is 1.19 bits per heavy atom. The minimum absolute atomic E-state index is 0.0770. The number of hydrogen-bond acceptors (Lipinski definition) is 4. The van der Waals surface area contributed by atoms with Gasteiger partial charge < -0.3 is 0 Å². The van der Waals surface area contributed by atoms with Crippen molar-refractivity contribution in [3.8, 4) is 0 Å². The van der Waals surface area contributed by atoms with E-state index in [4.69, 9.17) is 3.63 Å². The molecule has 0 heterocycles. The lowest BCUT2D eigenvalue weighted by Crippen LogP contribution is -2.42. The van der Waals surface area contributed by atoms with Gasteiger partial charge in [-0.25, -0.2) is 16.8 Å². The van der Waals surface area contributed by atoms with Crippen LogP contribution in [0.25, 0.3) is 0 Å². The van der Waals surface area contributed by atoms with Crippen LogP contribution in [-0.2, 0) is 18.5 Å². The summed E-state index contributed by atoms with van der Waals surface area (Å²) in [6, 6.07) is 15.6. The van der Waals surface area contributed by atoms with Crippen LogP contribution in [0.5, 0.6) is 0 Å². The molecule has 0 aromatic heterocycles. The average Bonchev–Trinajstić information content (AvgIpc) is 3.18. The first-order valence-electron chi connectivity index (χ1n) is 12.0. The fraction of sp³-hybridized carbons (Fsp3) is 0.321. The molecule has 3 aromatic rings. The number of rotatable bonds is 7. The van der Waals surface area contributed by atoms with Gasteiger partial charge in [0.25, 0.3) is 10.1 Å². The molecule has 0 spiro atoms. The Labute approximate surface area is 216 Å². The van der Waals surface area contributed by atoms with Crippen LogP contribution in [0.15, 0.2) is 87.5 Å². The van der Waals surface area contributed by atoms with Gasteiger partial charge in [-0.2, -0.15) is 8.42 Å². The molecule has 196 valence electrons. The minimum Gasteiger partial charge on any atom is -0.299 e. The molecule has 2 fully saturated rings. The van der Waals surface area contributed by atoms with E-state index < -0.39 is 54.5 Å². The average molecular weight is 549 g/mol. The zero-order valence-corrected chi connectivity index (χ0v) is 22.1. The lowest BCUT2D eigenvalue weighted by molar-refractivity contribution is -0.128. The van der Waals surface area contributed by atoms with Crippen molar-refractivity contribution < 1.29 is 30.0 Å². The Bertz CT molecular complexity index is 1330. The quantitative estimate of drug-likeness (QED) is 0.318. The number of ketones is 1. The van der Waals surface area contributed by atoms with Crippen LogP contribution >= 0.6 is 10.3 Å². The van der Waals surface area contributed by atoms with Crippen LogP contribution in [-0.4, -0.2) is 20.0 Å². The summed E-state index contributed by atoms with van der Waals surface area (Å²) in [4.78, 5) is 14.1. The number of hydrogen-bond donors (Lipinski definition) is 0. The lowest BCUT2D eigenvalue weighted by atomic mass is 9.70. The van der Waals surface area contributed by atoms with Gasteiger partial charge in [0.1, 0.15) is 23.2 Å². The van der Waals surface area contributed by atoms with Crippen LogP contribution in [0, 0.1) is 34.2 Å². The molecule has 2 unspecified atom stereocenters. The van der Waals surface area contributed by atoms with Crippen molar-refractivity contribution in [3.63, 3.8) is 0 Å². The van der Waals surface area contributed by atoms with Crippen LogP contribution in [0.1, 0.15) is 33.1 Å². The number of carbonyl (C=O) groups is 1. The monoisotopic (exact) mass is 548 g/mol. The zero-order valence-electron chi connectivity index (χ0n) is 20.4. The molecule has 2 atom stereocenters. The summed E-state index contributed by atoms with van der Waals surface area (Å²) in [6.07, 6.45) is 1.56. The first-order valence-corrected chi connectivity index (χ1v) is 15.1. The van der Waals surface area contributed by atoms with E-state index in [9.17, 15) is 26.4 Å². The molecule has 0 saturated heterocycles. The Morgan fingerprint density at radius 1 is 0.784 bits per heavy atom. The second-order valence-corrected chi connectivity index (χ2v) is 14.8. The summed E-state index contributed by atoms with van der Waals surface area (Å²) in [6.45, 7) is 3.87. The summed E-state index contributed by atoms with van der Waals surface area (Å²) in [5, 5.41) is 0. The number of benzene rings is 3. The highest BCUT2D eigenvalue weighted by Gasteiger charge is 2.65. The third kappa shape index (κ3) is 4.21. The van der Waals surface area contributed by atoms with Crippen molar-refractivity contribution in [1.29, 1.82) is 0 Å². The minimum atomic E-state index is -4.41. The Kier molecular flexibility index (Phi) is 6.32. The molecule has 4 nitrogen and oxygen atoms in total. The smallest absolute Gasteiger partial charge is 0.278 e. The SMILES string of the molecule is CC1(C)C2CCC1(CS(=O)(=O)OS(c1ccc(F)cc1)(c1ccc(F)cc1)c1ccc(F)cc1)C(=O)C2. The van der Waals surface area contributed by atoms with E-state index in [-0.39, 0.29) is 11.7 Å². The summed E-state index contributed by atoms with van der Waals surface area (Å²) in [7, 11) is -7.57. The van der Waals surface area contributed by atoms with Crippen LogP contribution < -0.4 is 0 Å². The van der Waals surface area contributed by atoms with Gasteiger partial charge in [-0.1, -0.05) is 13.8 Å². The van der Waals surface area contributed by atoms with Gasteiger partial charge in [-0.3, -0.25) is 4.79 Å². The molecule has 5 rings (SSSR count). The van der Waals surface area contributed by atoms with Crippen LogP contribution in [0.3, 0.4) is 0 Å². The maximum Gasteiger partial charge on any atom is 0.278 e. The van der Waals surface area contributed by atoms with Crippen molar-refractivity contribution in [2.45, 2.75) is 47.8 Å². The van der Waals surface area contributed by atoms with Crippen molar-refractivity contribution in [2.24, 2.45) is 16.7 Å². The highest BCUT2D eigenvalue weighted by Crippen LogP contribution is 2.71. The van der Waals surface area contributed by atoms with Gasteiger partial charge in [-0.05, 0) is 107 Å². The van der Waals surface area contributed by atoms with Gasteiger partial charge in [0.15, 0.2) is 0 Å². The fourth-order valence-electron chi connectivity index (χ4n) is 5.99. The highest BCUT2D eigenvalue weighted by molar-refractivity contribution is 8.33. The molecular weight excluding hydrogens is 521 g/mol. The normalized spacial score (nSPS) is 23.4. The molecule has 2 bridgehead atoms. The standard InChI is InChI=1S/C28H27F3O4S2/c1-27(2)19-15-16-28(27,26(32)17-19)18-36(33,34)35-37(23-9-3-20(29)4-10-23,24-11-5-21(30)6-12-24)25-13-7-22(31)8-14-25/h3-14,19H,15-18H2,1-2H3. The number of halogens is 3. The zero-order chi connectivity index (χ0) is 26.6. The molecule has 0 aliphatic heterocycles. The third-order valence-electron chi connectivity index (χ3n) is 8.20. The van der Waals surface area contributed by atoms with Crippen molar-refractivity contribution in [2.75, 3.05) is 5.75 Å². The van der Waals surface area contributed by atoms with E-state index >= 15 is 0 Å². The third-order valence-corrected chi connectivity index (χ3v) is 13.5. The molecule has 9 heteroatoms. The molecule has 0 radical (unpaired) electrons. The van der Waals surface area contributed by atoms with Crippen molar-refractivity contribution >= 4 is 26.2 Å². The first-order chi connectivity index (χ1) is 17.4. The molecule has 2 aliphatic rings. The van der Waals surface area contributed by atoms with E-state index in [0.29, 0.717) is 27.5 Å². The summed E-state index contributed by atoms with van der Waals surface area (Å²) in [5.41, 5.74) is -1.59. The molecular formula is C28H27F3O4S2. The van der Waals surface area contributed by atoms with Gasteiger partial charge in [-0.15, -0.1) is 0 Å². The van der Waals surface area contributed by atoms with Crippen LogP contribution in [0.2, 0.25) is 0 Å². The maximum atomic E-state index is 14.0. The number of fused-ring (bicyclic) bond motifs is 2. The van der Waals surface area contributed by atoms with Gasteiger partial charge in [0.2, 0.25) is 0 Å². The Hall–Kier alpha value is -2.62. The second kappa shape index (κ2) is 8.99.